The van der Waals surface area contributed by atoms with Crippen LogP contribution in [0.5, 0.6) is 0 Å². The zero-order valence-corrected chi connectivity index (χ0v) is 12.2. The molecule has 1 aromatic rings. The maximum Gasteiger partial charge on any atom is 0.234 e. The summed E-state index contributed by atoms with van der Waals surface area (Å²) in [5.41, 5.74) is 6.84. The average molecular weight is 304 g/mol. The van der Waals surface area contributed by atoms with Crippen molar-refractivity contribution in [2.24, 2.45) is 5.73 Å². The average Bonchev–Trinajstić information content (AvgIpc) is 2.74. The highest BCUT2D eigenvalue weighted by molar-refractivity contribution is 6.30. The standard InChI is InChI=1S/C13H18ClN3O.ClH/c14-11-3-1-10(2-4-11)7-16-13(18)9-17-6-5-12(15)8-17;/h1-4,12H,5-9,15H2,(H,16,18);1H/t12-;/m0./s1. The minimum atomic E-state index is 0. The fourth-order valence-corrected chi connectivity index (χ4v) is 2.19. The van der Waals surface area contributed by atoms with Crippen LogP contribution in [0.15, 0.2) is 24.3 Å². The second kappa shape index (κ2) is 7.70. The second-order valence-corrected chi connectivity index (χ2v) is 5.12. The molecule has 1 amide bonds. The van der Waals surface area contributed by atoms with Gasteiger partial charge in [-0.1, -0.05) is 23.7 Å². The molecule has 1 aliphatic rings. The van der Waals surface area contributed by atoms with E-state index in [1.807, 2.05) is 24.3 Å². The molecule has 0 unspecified atom stereocenters. The minimum absolute atomic E-state index is 0. The van der Waals surface area contributed by atoms with Gasteiger partial charge in [-0.25, -0.2) is 0 Å². The van der Waals surface area contributed by atoms with Gasteiger partial charge in [0.05, 0.1) is 6.54 Å². The lowest BCUT2D eigenvalue weighted by Crippen LogP contribution is -2.37. The summed E-state index contributed by atoms with van der Waals surface area (Å²) < 4.78 is 0. The van der Waals surface area contributed by atoms with Crippen LogP contribution in [-0.2, 0) is 11.3 Å². The molecule has 1 saturated heterocycles. The number of hydrogen-bond donors (Lipinski definition) is 2. The molecule has 1 aromatic carbocycles. The van der Waals surface area contributed by atoms with Crippen molar-refractivity contribution in [2.45, 2.75) is 19.0 Å². The molecular formula is C13H19Cl2N3O. The number of rotatable bonds is 4. The molecule has 106 valence electrons. The van der Waals surface area contributed by atoms with Crippen LogP contribution in [0.1, 0.15) is 12.0 Å². The van der Waals surface area contributed by atoms with Gasteiger partial charge in [-0.05, 0) is 24.1 Å². The molecule has 3 N–H and O–H groups in total. The Balaban J connectivity index is 0.00000180. The SMILES string of the molecule is Cl.N[C@H]1CCN(CC(=O)NCc2ccc(Cl)cc2)C1. The lowest BCUT2D eigenvalue weighted by Gasteiger charge is -2.14. The van der Waals surface area contributed by atoms with Gasteiger partial charge in [-0.2, -0.15) is 0 Å². The van der Waals surface area contributed by atoms with E-state index in [9.17, 15) is 4.79 Å². The first kappa shape index (κ1) is 16.2. The first-order valence-corrected chi connectivity index (χ1v) is 6.50. The van der Waals surface area contributed by atoms with Gasteiger partial charge in [0.1, 0.15) is 0 Å². The fourth-order valence-electron chi connectivity index (χ4n) is 2.07. The molecule has 0 spiro atoms. The van der Waals surface area contributed by atoms with E-state index in [0.29, 0.717) is 18.1 Å². The van der Waals surface area contributed by atoms with Crippen molar-refractivity contribution in [1.29, 1.82) is 0 Å². The van der Waals surface area contributed by atoms with Crippen LogP contribution in [0.3, 0.4) is 0 Å². The number of hydrogen-bond acceptors (Lipinski definition) is 3. The maximum atomic E-state index is 11.7. The summed E-state index contributed by atoms with van der Waals surface area (Å²) in [6.45, 7) is 2.70. The predicted octanol–water partition coefficient (Wildman–Crippen LogP) is 1.41. The Kier molecular flexibility index (Phi) is 6.58. The van der Waals surface area contributed by atoms with Crippen LogP contribution in [0.2, 0.25) is 5.02 Å². The number of nitrogens with one attached hydrogen (secondary N) is 1. The number of halogens is 2. The lowest BCUT2D eigenvalue weighted by atomic mass is 10.2. The van der Waals surface area contributed by atoms with Crippen LogP contribution < -0.4 is 11.1 Å². The Morgan fingerprint density at radius 2 is 2.11 bits per heavy atom. The van der Waals surface area contributed by atoms with Gasteiger partial charge >= 0.3 is 0 Å². The van der Waals surface area contributed by atoms with Crippen LogP contribution >= 0.6 is 24.0 Å². The fraction of sp³-hybridized carbons (Fsp3) is 0.462. The molecule has 0 aromatic heterocycles. The molecular weight excluding hydrogens is 285 g/mol. The van der Waals surface area contributed by atoms with Crippen LogP contribution in [0.25, 0.3) is 0 Å². The van der Waals surface area contributed by atoms with Gasteiger partial charge in [-0.3, -0.25) is 9.69 Å². The zero-order chi connectivity index (χ0) is 13.0. The third-order valence-corrected chi connectivity index (χ3v) is 3.33. The highest BCUT2D eigenvalue weighted by Crippen LogP contribution is 2.09. The summed E-state index contributed by atoms with van der Waals surface area (Å²) in [6, 6.07) is 7.68. The smallest absolute Gasteiger partial charge is 0.234 e. The van der Waals surface area contributed by atoms with E-state index in [-0.39, 0.29) is 24.4 Å². The molecule has 0 aliphatic carbocycles. The van der Waals surface area contributed by atoms with Gasteiger partial charge in [0.15, 0.2) is 0 Å². The quantitative estimate of drug-likeness (QED) is 0.884. The predicted molar refractivity (Wildman–Crippen MR) is 79.6 cm³/mol. The molecule has 4 nitrogen and oxygen atoms in total. The Morgan fingerprint density at radius 1 is 1.42 bits per heavy atom. The lowest BCUT2D eigenvalue weighted by molar-refractivity contribution is -0.122. The molecule has 0 saturated carbocycles. The summed E-state index contributed by atoms with van der Waals surface area (Å²) in [7, 11) is 0. The highest BCUT2D eigenvalue weighted by Gasteiger charge is 2.20. The molecule has 1 fully saturated rings. The highest BCUT2D eigenvalue weighted by atomic mass is 35.5. The molecule has 2 rings (SSSR count). The van der Waals surface area contributed by atoms with Gasteiger partial charge < -0.3 is 11.1 Å². The van der Waals surface area contributed by atoms with Gasteiger partial charge in [-0.15, -0.1) is 12.4 Å². The monoisotopic (exact) mass is 303 g/mol. The van der Waals surface area contributed by atoms with Crippen LogP contribution in [-0.4, -0.2) is 36.5 Å². The third-order valence-electron chi connectivity index (χ3n) is 3.08. The van der Waals surface area contributed by atoms with Crippen molar-refractivity contribution in [3.05, 3.63) is 34.9 Å². The van der Waals surface area contributed by atoms with E-state index in [2.05, 4.69) is 10.2 Å². The summed E-state index contributed by atoms with van der Waals surface area (Å²) in [6.07, 6.45) is 0.977. The molecule has 1 aliphatic heterocycles. The van der Waals surface area contributed by atoms with E-state index >= 15 is 0 Å². The number of carbonyl (C=O) groups is 1. The topological polar surface area (TPSA) is 58.4 Å². The van der Waals surface area contributed by atoms with Crippen LogP contribution in [0.4, 0.5) is 0 Å². The Hall–Kier alpha value is -0.810. The van der Waals surface area contributed by atoms with E-state index < -0.39 is 0 Å². The maximum absolute atomic E-state index is 11.7. The van der Waals surface area contributed by atoms with E-state index in [1.54, 1.807) is 0 Å². The van der Waals surface area contributed by atoms with Crippen molar-refractivity contribution in [3.63, 3.8) is 0 Å². The van der Waals surface area contributed by atoms with Gasteiger partial charge in [0.25, 0.3) is 0 Å². The van der Waals surface area contributed by atoms with E-state index in [1.165, 1.54) is 0 Å². The number of nitrogens with two attached hydrogens (primary N) is 1. The Morgan fingerprint density at radius 3 is 2.68 bits per heavy atom. The summed E-state index contributed by atoms with van der Waals surface area (Å²) >= 11 is 5.80. The third kappa shape index (κ3) is 5.37. The zero-order valence-electron chi connectivity index (χ0n) is 10.6. The Labute approximate surface area is 124 Å². The van der Waals surface area contributed by atoms with E-state index in [0.717, 1.165) is 25.1 Å². The van der Waals surface area contributed by atoms with Gasteiger partial charge in [0, 0.05) is 30.7 Å². The molecule has 1 heterocycles. The first-order chi connectivity index (χ1) is 8.63. The van der Waals surface area contributed by atoms with Crippen molar-refractivity contribution >= 4 is 29.9 Å². The summed E-state index contributed by atoms with van der Waals surface area (Å²) in [5.74, 6) is 0.0408. The largest absolute Gasteiger partial charge is 0.351 e. The number of carbonyl (C=O) groups excluding carboxylic acids is 1. The number of likely N-dealkylation sites (tertiary alicyclic amines) is 1. The normalized spacial score (nSPS) is 18.9. The molecule has 1 atom stereocenters. The van der Waals surface area contributed by atoms with Crippen molar-refractivity contribution in [1.82, 2.24) is 10.2 Å². The molecule has 19 heavy (non-hydrogen) atoms. The Bertz CT molecular complexity index is 411. The van der Waals surface area contributed by atoms with Crippen LogP contribution in [0, 0.1) is 0 Å². The van der Waals surface area contributed by atoms with Crippen molar-refractivity contribution in [2.75, 3.05) is 19.6 Å². The van der Waals surface area contributed by atoms with Crippen molar-refractivity contribution < 1.29 is 4.79 Å². The number of amides is 1. The van der Waals surface area contributed by atoms with Gasteiger partial charge in [0.2, 0.25) is 5.91 Å². The van der Waals surface area contributed by atoms with Crippen molar-refractivity contribution in [3.8, 4) is 0 Å². The molecule has 0 bridgehead atoms. The number of nitrogens with zero attached hydrogens (tertiary/aromatic N) is 1. The minimum Gasteiger partial charge on any atom is -0.351 e. The molecule has 0 radical (unpaired) electrons. The first-order valence-electron chi connectivity index (χ1n) is 6.12. The van der Waals surface area contributed by atoms with E-state index in [4.69, 9.17) is 17.3 Å². The number of benzene rings is 1. The molecule has 6 heteroatoms. The summed E-state index contributed by atoms with van der Waals surface area (Å²) in [5, 5.41) is 3.60. The second-order valence-electron chi connectivity index (χ2n) is 4.69. The summed E-state index contributed by atoms with van der Waals surface area (Å²) in [4.78, 5) is 13.8.